The highest BCUT2D eigenvalue weighted by atomic mass is 16.3. The molecule has 0 spiro atoms. The van der Waals surface area contributed by atoms with Crippen LogP contribution in [0.3, 0.4) is 0 Å². The first-order chi connectivity index (χ1) is 11.9. The molecule has 6 heteroatoms. The van der Waals surface area contributed by atoms with Crippen LogP contribution in [0.4, 0.5) is 0 Å². The zero-order chi connectivity index (χ0) is 18.2. The van der Waals surface area contributed by atoms with Gasteiger partial charge < -0.3 is 10.2 Å². The van der Waals surface area contributed by atoms with E-state index in [9.17, 15) is 19.8 Å². The molecule has 25 heavy (non-hydrogen) atoms. The summed E-state index contributed by atoms with van der Waals surface area (Å²) in [5, 5.41) is 19.9. The van der Waals surface area contributed by atoms with E-state index >= 15 is 0 Å². The number of hydrogen-bond acceptors (Lipinski definition) is 5. The van der Waals surface area contributed by atoms with Gasteiger partial charge in [0, 0.05) is 5.56 Å². The van der Waals surface area contributed by atoms with Gasteiger partial charge in [-0.1, -0.05) is 19.3 Å². The van der Waals surface area contributed by atoms with Crippen molar-refractivity contribution in [2.45, 2.75) is 50.9 Å². The molecule has 2 unspecified atom stereocenters. The molecule has 2 fully saturated rings. The van der Waals surface area contributed by atoms with Gasteiger partial charge in [0.05, 0.1) is 6.54 Å². The molecule has 1 aromatic carbocycles. The Hall–Kier alpha value is -1.92. The molecule has 2 atom stereocenters. The van der Waals surface area contributed by atoms with Crippen molar-refractivity contribution >= 4 is 11.7 Å². The van der Waals surface area contributed by atoms with Crippen LogP contribution >= 0.6 is 0 Å². The quantitative estimate of drug-likeness (QED) is 0.815. The van der Waals surface area contributed by atoms with E-state index in [0.717, 1.165) is 25.7 Å². The van der Waals surface area contributed by atoms with Crippen LogP contribution in [0.2, 0.25) is 0 Å². The van der Waals surface area contributed by atoms with Crippen molar-refractivity contribution in [2.75, 3.05) is 13.6 Å². The molecule has 1 saturated heterocycles. The van der Waals surface area contributed by atoms with Crippen LogP contribution in [0.15, 0.2) is 24.3 Å². The molecular formula is C19H26N2O4. The fourth-order valence-electron chi connectivity index (χ4n) is 4.17. The smallest absolute Gasteiger partial charge is 0.246 e. The summed E-state index contributed by atoms with van der Waals surface area (Å²) in [6.07, 6.45) is 4.24. The lowest BCUT2D eigenvalue weighted by molar-refractivity contribution is -0.137. The average Bonchev–Trinajstić information content (AvgIpc) is 2.79. The number of nitrogens with zero attached hydrogens (tertiary/aromatic N) is 2. The topological polar surface area (TPSA) is 81.1 Å². The number of likely N-dealkylation sites (N-methyl/N-ethyl adjacent to an activating group) is 1. The van der Waals surface area contributed by atoms with E-state index in [1.54, 1.807) is 11.9 Å². The van der Waals surface area contributed by atoms with E-state index in [2.05, 4.69) is 0 Å². The van der Waals surface area contributed by atoms with Crippen molar-refractivity contribution in [3.63, 3.8) is 0 Å². The molecule has 6 nitrogen and oxygen atoms in total. The number of carbonyl (C=O) groups excluding carboxylic acids is 2. The number of carbonyl (C=O) groups is 2. The van der Waals surface area contributed by atoms with Gasteiger partial charge in [-0.3, -0.25) is 14.5 Å². The predicted molar refractivity (Wildman–Crippen MR) is 92.9 cm³/mol. The van der Waals surface area contributed by atoms with Crippen molar-refractivity contribution in [2.24, 2.45) is 5.92 Å². The number of hydrogen-bond donors (Lipinski definition) is 2. The Morgan fingerprint density at radius 1 is 1.20 bits per heavy atom. The lowest BCUT2D eigenvalue weighted by Gasteiger charge is -2.39. The van der Waals surface area contributed by atoms with E-state index < -0.39 is 11.9 Å². The van der Waals surface area contributed by atoms with E-state index in [1.165, 1.54) is 35.6 Å². The summed E-state index contributed by atoms with van der Waals surface area (Å²) < 4.78 is 0. The minimum atomic E-state index is -1.10. The van der Waals surface area contributed by atoms with Gasteiger partial charge in [0.25, 0.3) is 0 Å². The second-order valence-corrected chi connectivity index (χ2v) is 7.34. The Balaban J connectivity index is 1.79. The van der Waals surface area contributed by atoms with Crippen molar-refractivity contribution in [3.05, 3.63) is 29.8 Å². The number of rotatable bonds is 4. The van der Waals surface area contributed by atoms with Crippen LogP contribution in [0, 0.1) is 5.92 Å². The summed E-state index contributed by atoms with van der Waals surface area (Å²) in [6, 6.07) is 5.92. The summed E-state index contributed by atoms with van der Waals surface area (Å²) in [5.41, 5.74) is -0.360. The second-order valence-electron chi connectivity index (χ2n) is 7.34. The molecule has 1 heterocycles. The molecule has 1 aliphatic carbocycles. The number of phenolic OH excluding ortho intramolecular Hbond substituents is 1. The standard InChI is InChI=1S/C19H26N2O4/c1-19(14-6-4-3-5-7-14)17(24)21(18(25)20(19)2)12-16(23)13-8-10-15(22)11-9-13/h8-11,14,18,22,25H,3-7,12H2,1-2H3. The van der Waals surface area contributed by atoms with Crippen molar-refractivity contribution in [1.29, 1.82) is 0 Å². The predicted octanol–water partition coefficient (Wildman–Crippen LogP) is 1.96. The Morgan fingerprint density at radius 2 is 1.80 bits per heavy atom. The average molecular weight is 346 g/mol. The van der Waals surface area contributed by atoms with Crippen LogP contribution in [0.25, 0.3) is 0 Å². The molecule has 1 aromatic rings. The fourth-order valence-corrected chi connectivity index (χ4v) is 4.17. The van der Waals surface area contributed by atoms with Gasteiger partial charge in [0.15, 0.2) is 12.1 Å². The maximum atomic E-state index is 13.1. The van der Waals surface area contributed by atoms with Gasteiger partial charge in [-0.05, 0) is 57.0 Å². The first-order valence-electron chi connectivity index (χ1n) is 8.90. The third-order valence-electron chi connectivity index (χ3n) is 5.96. The third-order valence-corrected chi connectivity index (χ3v) is 5.96. The number of aliphatic hydroxyl groups is 1. The van der Waals surface area contributed by atoms with E-state index in [0.29, 0.717) is 5.56 Å². The second kappa shape index (κ2) is 6.77. The monoisotopic (exact) mass is 346 g/mol. The molecule has 136 valence electrons. The highest BCUT2D eigenvalue weighted by Gasteiger charge is 2.56. The van der Waals surface area contributed by atoms with Gasteiger partial charge in [0.1, 0.15) is 11.3 Å². The normalized spacial score (nSPS) is 28.5. The van der Waals surface area contributed by atoms with E-state index in [4.69, 9.17) is 0 Å². The summed E-state index contributed by atoms with van der Waals surface area (Å²) in [7, 11) is 1.75. The van der Waals surface area contributed by atoms with Gasteiger partial charge in [0.2, 0.25) is 5.91 Å². The maximum absolute atomic E-state index is 13.1. The number of ketones is 1. The van der Waals surface area contributed by atoms with Crippen LogP contribution in [0.5, 0.6) is 5.75 Å². The molecule has 1 saturated carbocycles. The maximum Gasteiger partial charge on any atom is 0.246 e. The first-order valence-corrected chi connectivity index (χ1v) is 8.90. The summed E-state index contributed by atoms with van der Waals surface area (Å²) >= 11 is 0. The summed E-state index contributed by atoms with van der Waals surface area (Å²) in [5.74, 6) is -0.157. The molecule has 3 rings (SSSR count). The van der Waals surface area contributed by atoms with Gasteiger partial charge >= 0.3 is 0 Å². The lowest BCUT2D eigenvalue weighted by Crippen LogP contribution is -2.52. The molecule has 1 amide bonds. The molecule has 2 N–H and O–H groups in total. The number of benzene rings is 1. The largest absolute Gasteiger partial charge is 0.508 e. The first kappa shape index (κ1) is 17.9. The molecule has 0 aromatic heterocycles. The number of aromatic hydroxyl groups is 1. The Labute approximate surface area is 148 Å². The molecular weight excluding hydrogens is 320 g/mol. The molecule has 1 aliphatic heterocycles. The highest BCUT2D eigenvalue weighted by molar-refractivity contribution is 6.01. The summed E-state index contributed by atoms with van der Waals surface area (Å²) in [4.78, 5) is 28.6. The van der Waals surface area contributed by atoms with Crippen LogP contribution < -0.4 is 0 Å². The van der Waals surface area contributed by atoms with Gasteiger partial charge in [-0.2, -0.15) is 0 Å². The van der Waals surface area contributed by atoms with Crippen molar-refractivity contribution < 1.29 is 19.8 Å². The van der Waals surface area contributed by atoms with Crippen LogP contribution in [-0.2, 0) is 4.79 Å². The number of Topliss-reactive ketones (excluding diaryl/α,β-unsaturated/α-hetero) is 1. The SMILES string of the molecule is CN1C(O)N(CC(=O)c2ccc(O)cc2)C(=O)C1(C)C1CCCCC1. The summed E-state index contributed by atoms with van der Waals surface area (Å²) in [6.45, 7) is 1.72. The Morgan fingerprint density at radius 3 is 2.40 bits per heavy atom. The van der Waals surface area contributed by atoms with E-state index in [1.807, 2.05) is 6.92 Å². The zero-order valence-electron chi connectivity index (χ0n) is 14.8. The molecule has 0 bridgehead atoms. The Bertz CT molecular complexity index is 654. The van der Waals surface area contributed by atoms with Crippen LogP contribution in [0.1, 0.15) is 49.4 Å². The number of phenols is 1. The number of aliphatic hydroxyl groups excluding tert-OH is 1. The number of amides is 1. The zero-order valence-corrected chi connectivity index (χ0v) is 14.8. The minimum absolute atomic E-state index is 0.0819. The molecule has 2 aliphatic rings. The fraction of sp³-hybridized carbons (Fsp3) is 0.579. The van der Waals surface area contributed by atoms with Crippen LogP contribution in [-0.4, -0.2) is 57.2 Å². The van der Waals surface area contributed by atoms with Gasteiger partial charge in [-0.15, -0.1) is 0 Å². The lowest BCUT2D eigenvalue weighted by atomic mass is 9.75. The highest BCUT2D eigenvalue weighted by Crippen LogP contribution is 2.41. The van der Waals surface area contributed by atoms with Gasteiger partial charge in [-0.25, -0.2) is 4.90 Å². The van der Waals surface area contributed by atoms with E-state index in [-0.39, 0.29) is 29.9 Å². The van der Waals surface area contributed by atoms with Crippen molar-refractivity contribution in [3.8, 4) is 5.75 Å². The third kappa shape index (κ3) is 3.04. The minimum Gasteiger partial charge on any atom is -0.508 e. The Kier molecular flexibility index (Phi) is 4.84. The van der Waals surface area contributed by atoms with Crippen molar-refractivity contribution in [1.82, 2.24) is 9.80 Å². The molecule has 0 radical (unpaired) electrons.